The van der Waals surface area contributed by atoms with Gasteiger partial charge >= 0.3 is 5.97 Å². The van der Waals surface area contributed by atoms with E-state index in [0.29, 0.717) is 6.54 Å². The van der Waals surface area contributed by atoms with E-state index in [1.807, 2.05) is 37.3 Å². The minimum atomic E-state index is -0.321. The standard InChI is InChI=1S/C15H19NO2/c1-4-13(5-2)16-11-14(15(17)18-3)12-9-7-6-8-10-12/h1,6-10,13-14,16H,5,11H2,2-3H3. The number of hydrogen-bond donors (Lipinski definition) is 1. The molecule has 0 aliphatic carbocycles. The molecule has 2 atom stereocenters. The van der Waals surface area contributed by atoms with Gasteiger partial charge in [0, 0.05) is 6.54 Å². The number of esters is 1. The molecule has 1 aromatic rings. The number of benzene rings is 1. The van der Waals surface area contributed by atoms with Crippen molar-refractivity contribution in [3.63, 3.8) is 0 Å². The first-order valence-electron chi connectivity index (χ1n) is 6.05. The number of ether oxygens (including phenoxy) is 1. The van der Waals surface area contributed by atoms with E-state index in [0.717, 1.165) is 12.0 Å². The second-order valence-corrected chi connectivity index (χ2v) is 4.02. The highest BCUT2D eigenvalue weighted by molar-refractivity contribution is 5.78. The number of nitrogens with one attached hydrogen (secondary N) is 1. The fourth-order valence-electron chi connectivity index (χ4n) is 1.75. The second kappa shape index (κ2) is 7.52. The van der Waals surface area contributed by atoms with E-state index in [1.165, 1.54) is 7.11 Å². The van der Waals surface area contributed by atoms with Gasteiger partial charge in [0.05, 0.1) is 19.1 Å². The SMILES string of the molecule is C#CC(CC)NCC(C(=O)OC)c1ccccc1. The van der Waals surface area contributed by atoms with Crippen LogP contribution in [-0.2, 0) is 9.53 Å². The van der Waals surface area contributed by atoms with Crippen molar-refractivity contribution in [2.75, 3.05) is 13.7 Å². The lowest BCUT2D eigenvalue weighted by Crippen LogP contribution is -2.34. The molecule has 0 heterocycles. The molecular formula is C15H19NO2. The van der Waals surface area contributed by atoms with Crippen LogP contribution in [0.4, 0.5) is 0 Å². The highest BCUT2D eigenvalue weighted by atomic mass is 16.5. The van der Waals surface area contributed by atoms with E-state index in [-0.39, 0.29) is 17.9 Å². The van der Waals surface area contributed by atoms with Crippen molar-refractivity contribution in [3.8, 4) is 12.3 Å². The number of carbonyl (C=O) groups excluding carboxylic acids is 1. The Kier molecular flexibility index (Phi) is 5.96. The van der Waals surface area contributed by atoms with Gasteiger partial charge < -0.3 is 10.1 Å². The zero-order valence-electron chi connectivity index (χ0n) is 10.8. The average Bonchev–Trinajstić information content (AvgIpc) is 2.44. The predicted molar refractivity (Wildman–Crippen MR) is 72.1 cm³/mol. The molecule has 0 aliphatic rings. The summed E-state index contributed by atoms with van der Waals surface area (Å²) in [7, 11) is 1.40. The summed E-state index contributed by atoms with van der Waals surface area (Å²) < 4.78 is 4.84. The summed E-state index contributed by atoms with van der Waals surface area (Å²) in [6, 6.07) is 9.55. The van der Waals surface area contributed by atoms with E-state index in [2.05, 4.69) is 11.2 Å². The van der Waals surface area contributed by atoms with Crippen molar-refractivity contribution in [1.29, 1.82) is 0 Å². The van der Waals surface area contributed by atoms with E-state index in [9.17, 15) is 4.79 Å². The van der Waals surface area contributed by atoms with Gasteiger partial charge in [-0.15, -0.1) is 6.42 Å². The van der Waals surface area contributed by atoms with Gasteiger partial charge in [0.1, 0.15) is 0 Å². The molecule has 3 nitrogen and oxygen atoms in total. The Morgan fingerprint density at radius 2 is 2.11 bits per heavy atom. The third kappa shape index (κ3) is 3.90. The Balaban J connectivity index is 2.75. The van der Waals surface area contributed by atoms with Gasteiger partial charge in [0.25, 0.3) is 0 Å². The molecule has 0 aromatic heterocycles. The molecule has 0 bridgehead atoms. The fourth-order valence-corrected chi connectivity index (χ4v) is 1.75. The Morgan fingerprint density at radius 1 is 1.44 bits per heavy atom. The Labute approximate surface area is 109 Å². The predicted octanol–water partition coefficient (Wildman–Crippen LogP) is 1.94. The van der Waals surface area contributed by atoms with Crippen molar-refractivity contribution in [2.45, 2.75) is 25.3 Å². The van der Waals surface area contributed by atoms with E-state index in [4.69, 9.17) is 11.2 Å². The number of rotatable bonds is 6. The van der Waals surface area contributed by atoms with Crippen LogP contribution < -0.4 is 5.32 Å². The summed E-state index contributed by atoms with van der Waals surface area (Å²) in [5.74, 6) is 2.08. The third-order valence-corrected chi connectivity index (χ3v) is 2.87. The highest BCUT2D eigenvalue weighted by Crippen LogP contribution is 2.16. The van der Waals surface area contributed by atoms with Gasteiger partial charge in [-0.05, 0) is 12.0 Å². The smallest absolute Gasteiger partial charge is 0.314 e. The Bertz CT molecular complexity index is 408. The number of terminal acetylenes is 1. The van der Waals surface area contributed by atoms with Crippen LogP contribution in [0.15, 0.2) is 30.3 Å². The molecule has 0 radical (unpaired) electrons. The minimum absolute atomic E-state index is 0.0131. The van der Waals surface area contributed by atoms with E-state index in [1.54, 1.807) is 0 Å². The number of hydrogen-bond acceptors (Lipinski definition) is 3. The van der Waals surface area contributed by atoms with Crippen LogP contribution in [0.2, 0.25) is 0 Å². The largest absolute Gasteiger partial charge is 0.469 e. The zero-order chi connectivity index (χ0) is 13.4. The first kappa shape index (κ1) is 14.3. The van der Waals surface area contributed by atoms with Gasteiger partial charge in [0.15, 0.2) is 0 Å². The van der Waals surface area contributed by atoms with Crippen molar-refractivity contribution in [2.24, 2.45) is 0 Å². The maximum atomic E-state index is 11.8. The lowest BCUT2D eigenvalue weighted by atomic mass is 9.99. The van der Waals surface area contributed by atoms with Crippen LogP contribution in [0.25, 0.3) is 0 Å². The van der Waals surface area contributed by atoms with Crippen LogP contribution in [0, 0.1) is 12.3 Å². The lowest BCUT2D eigenvalue weighted by molar-refractivity contribution is -0.142. The van der Waals surface area contributed by atoms with Gasteiger partial charge in [-0.1, -0.05) is 43.2 Å². The molecule has 0 saturated carbocycles. The van der Waals surface area contributed by atoms with Crippen LogP contribution in [0.1, 0.15) is 24.8 Å². The molecule has 0 spiro atoms. The van der Waals surface area contributed by atoms with Crippen molar-refractivity contribution in [3.05, 3.63) is 35.9 Å². The zero-order valence-corrected chi connectivity index (χ0v) is 10.8. The quantitative estimate of drug-likeness (QED) is 0.615. The molecule has 0 saturated heterocycles. The number of methoxy groups -OCH3 is 1. The summed E-state index contributed by atoms with van der Waals surface area (Å²) in [6.45, 7) is 2.49. The first-order valence-corrected chi connectivity index (χ1v) is 6.05. The monoisotopic (exact) mass is 245 g/mol. The van der Waals surface area contributed by atoms with Crippen molar-refractivity contribution < 1.29 is 9.53 Å². The highest BCUT2D eigenvalue weighted by Gasteiger charge is 2.21. The number of carbonyl (C=O) groups is 1. The molecule has 18 heavy (non-hydrogen) atoms. The second-order valence-electron chi connectivity index (χ2n) is 4.02. The topological polar surface area (TPSA) is 38.3 Å². The van der Waals surface area contributed by atoms with Crippen LogP contribution in [0.3, 0.4) is 0 Å². The molecule has 2 unspecified atom stereocenters. The van der Waals surface area contributed by atoms with Crippen LogP contribution in [0.5, 0.6) is 0 Å². The maximum absolute atomic E-state index is 11.8. The lowest BCUT2D eigenvalue weighted by Gasteiger charge is -2.18. The molecular weight excluding hydrogens is 226 g/mol. The fraction of sp³-hybridized carbons (Fsp3) is 0.400. The third-order valence-electron chi connectivity index (χ3n) is 2.87. The maximum Gasteiger partial charge on any atom is 0.314 e. The van der Waals surface area contributed by atoms with Crippen LogP contribution >= 0.6 is 0 Å². The summed E-state index contributed by atoms with van der Waals surface area (Å²) in [5.41, 5.74) is 0.934. The van der Waals surface area contributed by atoms with E-state index < -0.39 is 0 Å². The minimum Gasteiger partial charge on any atom is -0.469 e. The van der Waals surface area contributed by atoms with Crippen molar-refractivity contribution >= 4 is 5.97 Å². The summed E-state index contributed by atoms with van der Waals surface area (Å²) in [6.07, 6.45) is 6.22. The normalized spacial score (nSPS) is 13.4. The van der Waals surface area contributed by atoms with Crippen LogP contribution in [-0.4, -0.2) is 25.7 Å². The van der Waals surface area contributed by atoms with Gasteiger partial charge in [-0.2, -0.15) is 0 Å². The molecule has 96 valence electrons. The summed E-state index contributed by atoms with van der Waals surface area (Å²) >= 11 is 0. The average molecular weight is 245 g/mol. The molecule has 1 rings (SSSR count). The molecule has 0 aliphatic heterocycles. The summed E-state index contributed by atoms with van der Waals surface area (Å²) in [5, 5.41) is 3.20. The molecule has 1 aromatic carbocycles. The van der Waals surface area contributed by atoms with Gasteiger partial charge in [-0.3, -0.25) is 4.79 Å². The Hall–Kier alpha value is -1.79. The van der Waals surface area contributed by atoms with Crippen molar-refractivity contribution in [1.82, 2.24) is 5.32 Å². The summed E-state index contributed by atoms with van der Waals surface area (Å²) in [4.78, 5) is 11.8. The first-order chi connectivity index (χ1) is 8.72. The van der Waals surface area contributed by atoms with Gasteiger partial charge in [0.2, 0.25) is 0 Å². The van der Waals surface area contributed by atoms with E-state index >= 15 is 0 Å². The molecule has 3 heteroatoms. The molecule has 1 N–H and O–H groups in total. The molecule has 0 fully saturated rings. The van der Waals surface area contributed by atoms with Gasteiger partial charge in [-0.25, -0.2) is 0 Å². The molecule has 0 amide bonds. The Morgan fingerprint density at radius 3 is 2.61 bits per heavy atom.